The van der Waals surface area contributed by atoms with Crippen molar-refractivity contribution in [2.45, 2.75) is 76.3 Å². The number of hydrogen-bond acceptors (Lipinski definition) is 8. The lowest BCUT2D eigenvalue weighted by molar-refractivity contribution is -0.133. The zero-order valence-corrected chi connectivity index (χ0v) is 27.2. The molecule has 0 unspecified atom stereocenters. The van der Waals surface area contributed by atoms with Crippen LogP contribution in [0.5, 0.6) is 0 Å². The number of carbonyl (C=O) groups is 5. The van der Waals surface area contributed by atoms with Gasteiger partial charge in [-0.1, -0.05) is 55.3 Å². The van der Waals surface area contributed by atoms with Gasteiger partial charge in [0.05, 0.1) is 22.3 Å². The molecule has 3 atom stereocenters. The molecule has 1 saturated carbocycles. The van der Waals surface area contributed by atoms with Crippen molar-refractivity contribution in [2.75, 3.05) is 6.54 Å². The third kappa shape index (κ3) is 10.7. The van der Waals surface area contributed by atoms with Gasteiger partial charge < -0.3 is 27.8 Å². The second-order valence-electron chi connectivity index (χ2n) is 12.0. The molecular formula is C34H43N7O5S. The number of rotatable bonds is 18. The van der Waals surface area contributed by atoms with Crippen LogP contribution in [0.1, 0.15) is 73.2 Å². The second-order valence-corrected chi connectivity index (χ2v) is 13.0. The summed E-state index contributed by atoms with van der Waals surface area (Å²) in [6.07, 6.45) is 3.97. The molecule has 0 aliphatic heterocycles. The van der Waals surface area contributed by atoms with Crippen molar-refractivity contribution in [3.8, 4) is 0 Å². The number of guanidine groups is 1. The van der Waals surface area contributed by atoms with Crippen molar-refractivity contribution in [2.24, 2.45) is 34.0 Å². The largest absolute Gasteiger partial charge is 0.370 e. The minimum atomic E-state index is -0.971. The normalized spacial score (nSPS) is 15.0. The molecule has 1 heterocycles. The highest BCUT2D eigenvalue weighted by Gasteiger charge is 2.33. The number of carbonyl (C=O) groups excluding carboxylic acids is 5. The summed E-state index contributed by atoms with van der Waals surface area (Å²) in [7, 11) is 0. The van der Waals surface area contributed by atoms with Crippen molar-refractivity contribution >= 4 is 56.8 Å². The Morgan fingerprint density at radius 1 is 0.894 bits per heavy atom. The zero-order chi connectivity index (χ0) is 33.8. The van der Waals surface area contributed by atoms with E-state index in [0.717, 1.165) is 35.9 Å². The van der Waals surface area contributed by atoms with Gasteiger partial charge in [0, 0.05) is 31.2 Å². The van der Waals surface area contributed by atoms with Gasteiger partial charge in [0.15, 0.2) is 16.8 Å². The highest BCUT2D eigenvalue weighted by Crippen LogP contribution is 2.26. The van der Waals surface area contributed by atoms with Crippen LogP contribution in [0.3, 0.4) is 0 Å². The monoisotopic (exact) mass is 661 g/mol. The molecule has 8 N–H and O–H groups in total. The van der Waals surface area contributed by atoms with Gasteiger partial charge in [0.25, 0.3) is 0 Å². The number of amides is 3. The van der Waals surface area contributed by atoms with Gasteiger partial charge in [-0.3, -0.25) is 29.0 Å². The SMILES string of the molecule is NC(=O)CC[C@H](NC(=O)C1CCCC1)C(=O)C[C@@H](Cc1ccccc1)C(=O)N[C@@H](CCCN=C(N)N)C(=O)c1nc2ccccc2s1. The van der Waals surface area contributed by atoms with Crippen molar-refractivity contribution < 1.29 is 24.0 Å². The number of benzene rings is 2. The van der Waals surface area contributed by atoms with Crippen LogP contribution in [0.4, 0.5) is 0 Å². The van der Waals surface area contributed by atoms with Crippen molar-refractivity contribution in [1.29, 1.82) is 0 Å². The third-order valence-corrected chi connectivity index (χ3v) is 9.39. The minimum Gasteiger partial charge on any atom is -0.370 e. The summed E-state index contributed by atoms with van der Waals surface area (Å²) in [5.74, 6) is -3.16. The molecular weight excluding hydrogens is 618 g/mol. The molecule has 47 heavy (non-hydrogen) atoms. The number of primary amides is 1. The van der Waals surface area contributed by atoms with Gasteiger partial charge >= 0.3 is 0 Å². The molecule has 3 amide bonds. The van der Waals surface area contributed by atoms with Gasteiger partial charge in [-0.15, -0.1) is 11.3 Å². The summed E-state index contributed by atoms with van der Waals surface area (Å²) in [5.41, 5.74) is 17.8. The third-order valence-electron chi connectivity index (χ3n) is 8.34. The number of nitrogens with one attached hydrogen (secondary N) is 2. The van der Waals surface area contributed by atoms with E-state index in [1.165, 1.54) is 11.3 Å². The van der Waals surface area contributed by atoms with Gasteiger partial charge in [-0.2, -0.15) is 0 Å². The highest BCUT2D eigenvalue weighted by molar-refractivity contribution is 7.20. The van der Waals surface area contributed by atoms with Crippen molar-refractivity contribution in [3.63, 3.8) is 0 Å². The molecule has 1 fully saturated rings. The molecule has 13 heteroatoms. The van der Waals surface area contributed by atoms with E-state index in [1.54, 1.807) is 0 Å². The first kappa shape index (κ1) is 35.2. The zero-order valence-electron chi connectivity index (χ0n) is 26.4. The second kappa shape index (κ2) is 17.3. The number of para-hydroxylation sites is 1. The lowest BCUT2D eigenvalue weighted by Crippen LogP contribution is -2.47. The lowest BCUT2D eigenvalue weighted by Gasteiger charge is -2.24. The van der Waals surface area contributed by atoms with Crippen molar-refractivity contribution in [1.82, 2.24) is 15.6 Å². The minimum absolute atomic E-state index is 0.0375. The summed E-state index contributed by atoms with van der Waals surface area (Å²) < 4.78 is 0.843. The standard InChI is InChI=1S/C34H43N7O5S/c35-29(43)17-16-24(39-31(45)22-11-4-5-12-22)27(42)20-23(19-21-9-2-1-3-10-21)32(46)40-26(14-8-18-38-34(36)37)30(44)33-41-25-13-6-7-15-28(25)47-33/h1-3,6-7,9-10,13,15,22-24,26H,4-5,8,11-12,14,16-20H2,(H2,35,43)(H,39,45)(H,40,46)(H4,36,37,38)/t23-,24+,26+/m1/s1. The fourth-order valence-corrected chi connectivity index (χ4v) is 6.77. The summed E-state index contributed by atoms with van der Waals surface area (Å²) in [6.45, 7) is 0.260. The summed E-state index contributed by atoms with van der Waals surface area (Å²) in [4.78, 5) is 74.6. The molecule has 0 radical (unpaired) electrons. The van der Waals surface area contributed by atoms with Crippen LogP contribution in [0.15, 0.2) is 59.6 Å². The van der Waals surface area contributed by atoms with Crippen LogP contribution < -0.4 is 27.8 Å². The number of nitrogens with zero attached hydrogens (tertiary/aromatic N) is 2. The molecule has 0 spiro atoms. The Labute approximate surface area is 278 Å². The maximum atomic E-state index is 14.0. The Kier molecular flexibility index (Phi) is 13.0. The van der Waals surface area contributed by atoms with E-state index in [1.807, 2.05) is 54.6 Å². The number of nitrogens with two attached hydrogens (primary N) is 3. The Balaban J connectivity index is 1.56. The van der Waals surface area contributed by atoms with Crippen LogP contribution in [0.2, 0.25) is 0 Å². The Hall–Kier alpha value is -4.65. The van der Waals surface area contributed by atoms with Crippen LogP contribution in [0.25, 0.3) is 10.2 Å². The molecule has 1 aromatic heterocycles. The predicted octanol–water partition coefficient (Wildman–Crippen LogP) is 2.78. The van der Waals surface area contributed by atoms with Gasteiger partial charge in [-0.05, 0) is 56.2 Å². The maximum absolute atomic E-state index is 14.0. The quantitative estimate of drug-likeness (QED) is 0.0590. The number of aliphatic imine (C=N–C) groups is 1. The van der Waals surface area contributed by atoms with Gasteiger partial charge in [-0.25, -0.2) is 4.98 Å². The fourth-order valence-electron chi connectivity index (χ4n) is 5.81. The first-order valence-corrected chi connectivity index (χ1v) is 16.8. The van der Waals surface area contributed by atoms with Crippen LogP contribution >= 0.6 is 11.3 Å². The molecule has 0 saturated heterocycles. The van der Waals surface area contributed by atoms with Crippen molar-refractivity contribution in [3.05, 3.63) is 65.2 Å². The van der Waals surface area contributed by atoms with Crippen LogP contribution in [-0.4, -0.2) is 58.9 Å². The fraction of sp³-hybridized carbons (Fsp3) is 0.441. The molecule has 1 aliphatic carbocycles. The van der Waals surface area contributed by atoms with E-state index in [2.05, 4.69) is 20.6 Å². The number of hydrogen-bond donors (Lipinski definition) is 5. The smallest absolute Gasteiger partial charge is 0.224 e. The van der Waals surface area contributed by atoms with E-state index < -0.39 is 29.8 Å². The van der Waals surface area contributed by atoms with Crippen LogP contribution in [-0.2, 0) is 25.6 Å². The van der Waals surface area contributed by atoms with E-state index in [0.29, 0.717) is 11.9 Å². The summed E-state index contributed by atoms with van der Waals surface area (Å²) >= 11 is 1.24. The molecule has 12 nitrogen and oxygen atoms in total. The first-order valence-electron chi connectivity index (χ1n) is 16.0. The molecule has 0 bridgehead atoms. The number of ketones is 2. The maximum Gasteiger partial charge on any atom is 0.224 e. The Morgan fingerprint density at radius 3 is 2.28 bits per heavy atom. The topological polar surface area (TPSA) is 213 Å². The first-order chi connectivity index (χ1) is 22.6. The number of Topliss-reactive ketones (excluding diaryl/α,β-unsaturated/α-hetero) is 2. The molecule has 4 rings (SSSR count). The van der Waals surface area contributed by atoms with E-state index in [9.17, 15) is 24.0 Å². The predicted molar refractivity (Wildman–Crippen MR) is 181 cm³/mol. The highest BCUT2D eigenvalue weighted by atomic mass is 32.1. The number of thiazole rings is 1. The number of fused-ring (bicyclic) bond motifs is 1. The Bertz CT molecular complexity index is 1550. The average Bonchev–Trinajstić information content (AvgIpc) is 3.75. The Morgan fingerprint density at radius 2 is 1.60 bits per heavy atom. The van der Waals surface area contributed by atoms with Gasteiger partial charge in [0.1, 0.15) is 0 Å². The molecule has 250 valence electrons. The van der Waals surface area contributed by atoms with Gasteiger partial charge in [0.2, 0.25) is 23.5 Å². The molecule has 1 aliphatic rings. The van der Waals surface area contributed by atoms with E-state index in [-0.39, 0.29) is 73.0 Å². The molecule has 3 aromatic rings. The molecule has 2 aromatic carbocycles. The lowest BCUT2D eigenvalue weighted by atomic mass is 9.89. The van der Waals surface area contributed by atoms with Crippen LogP contribution in [0, 0.1) is 11.8 Å². The van der Waals surface area contributed by atoms with E-state index >= 15 is 0 Å². The average molecular weight is 662 g/mol. The summed E-state index contributed by atoms with van der Waals surface area (Å²) in [6, 6.07) is 14.7. The number of aromatic nitrogens is 1. The summed E-state index contributed by atoms with van der Waals surface area (Å²) in [5, 5.41) is 6.00. The van der Waals surface area contributed by atoms with E-state index in [4.69, 9.17) is 17.2 Å².